The van der Waals surface area contributed by atoms with Crippen molar-refractivity contribution in [1.82, 2.24) is 10.3 Å². The lowest BCUT2D eigenvalue weighted by atomic mass is 10.00. The lowest BCUT2D eigenvalue weighted by Crippen LogP contribution is -1.97. The first-order chi connectivity index (χ1) is 11.6. The average Bonchev–Trinajstić information content (AvgIpc) is 2.61. The second-order valence-corrected chi connectivity index (χ2v) is 5.82. The summed E-state index contributed by atoms with van der Waals surface area (Å²) in [7, 11) is 1.89. The number of pyridine rings is 1. The van der Waals surface area contributed by atoms with E-state index < -0.39 is 0 Å². The number of carbonyl (C=O) groups excluding carboxylic acids is 1. The molecule has 1 aromatic heterocycles. The lowest BCUT2D eigenvalue weighted by molar-refractivity contribution is 0.101. The number of aromatic nitrogens is 1. The summed E-state index contributed by atoms with van der Waals surface area (Å²) in [4.78, 5) is 16.7. The maximum absolute atomic E-state index is 12.0. The zero-order chi connectivity index (χ0) is 17.1. The van der Waals surface area contributed by atoms with Crippen LogP contribution in [0.15, 0.2) is 60.8 Å². The van der Waals surface area contributed by atoms with Crippen LogP contribution in [0.2, 0.25) is 0 Å². The predicted octanol–water partition coefficient (Wildman–Crippen LogP) is 4.68. The largest absolute Gasteiger partial charge is 0.394 e. The van der Waals surface area contributed by atoms with Crippen LogP contribution in [0.5, 0.6) is 0 Å². The zero-order valence-electron chi connectivity index (χ0n) is 14.1. The first-order valence-electron chi connectivity index (χ1n) is 7.95. The smallest absolute Gasteiger partial charge is 0.160 e. The summed E-state index contributed by atoms with van der Waals surface area (Å²) in [6.45, 7) is 3.66. The number of hydrogen-bond donors (Lipinski definition) is 1. The molecule has 3 nitrogen and oxygen atoms in total. The fraction of sp³-hybridized carbons (Fsp3) is 0.143. The summed E-state index contributed by atoms with van der Waals surface area (Å²) >= 11 is 0. The van der Waals surface area contributed by atoms with Crippen LogP contribution in [0.4, 0.5) is 0 Å². The molecule has 0 aliphatic heterocycles. The molecule has 1 heterocycles. The highest BCUT2D eigenvalue weighted by atomic mass is 16.1. The Morgan fingerprint density at radius 3 is 2.42 bits per heavy atom. The molecule has 3 rings (SSSR count). The van der Waals surface area contributed by atoms with Crippen molar-refractivity contribution in [3.63, 3.8) is 0 Å². The Morgan fingerprint density at radius 1 is 1.04 bits per heavy atom. The van der Waals surface area contributed by atoms with Gasteiger partial charge >= 0.3 is 0 Å². The van der Waals surface area contributed by atoms with Gasteiger partial charge in [0, 0.05) is 23.6 Å². The van der Waals surface area contributed by atoms with Gasteiger partial charge < -0.3 is 5.32 Å². The Kier molecular flexibility index (Phi) is 4.43. The molecule has 1 N–H and O–H groups in total. The van der Waals surface area contributed by atoms with Crippen molar-refractivity contribution in [2.24, 2.45) is 0 Å². The molecule has 3 heteroatoms. The van der Waals surface area contributed by atoms with Crippen LogP contribution in [-0.2, 0) is 0 Å². The van der Waals surface area contributed by atoms with Gasteiger partial charge in [-0.3, -0.25) is 4.79 Å². The number of rotatable bonds is 4. The van der Waals surface area contributed by atoms with Gasteiger partial charge in [0.25, 0.3) is 0 Å². The molecular weight excluding hydrogens is 296 g/mol. The molecule has 0 atom stereocenters. The maximum atomic E-state index is 12.0. The van der Waals surface area contributed by atoms with E-state index in [0.29, 0.717) is 5.56 Å². The van der Waals surface area contributed by atoms with E-state index in [2.05, 4.69) is 24.4 Å². The summed E-state index contributed by atoms with van der Waals surface area (Å²) in [5.41, 5.74) is 5.70. The average molecular weight is 316 g/mol. The van der Waals surface area contributed by atoms with Crippen LogP contribution < -0.4 is 5.32 Å². The number of nitrogens with one attached hydrogen (secondary N) is 1. The first kappa shape index (κ1) is 15.9. The highest BCUT2D eigenvalue weighted by molar-refractivity contribution is 6.07. The highest BCUT2D eigenvalue weighted by Crippen LogP contribution is 2.26. The van der Waals surface area contributed by atoms with Crippen LogP contribution in [0, 0.1) is 0 Å². The molecule has 0 unspecified atom stereocenters. The molecule has 0 fully saturated rings. The van der Waals surface area contributed by atoms with Gasteiger partial charge in [0.15, 0.2) is 5.78 Å². The minimum atomic E-state index is 0.0549. The van der Waals surface area contributed by atoms with E-state index in [0.717, 1.165) is 27.7 Å². The van der Waals surface area contributed by atoms with Crippen LogP contribution >= 0.6 is 0 Å². The minimum absolute atomic E-state index is 0.0549. The summed E-state index contributed by atoms with van der Waals surface area (Å²) in [6, 6.07) is 17.9. The fourth-order valence-electron chi connectivity index (χ4n) is 2.82. The third-order valence-corrected chi connectivity index (χ3v) is 4.09. The van der Waals surface area contributed by atoms with Gasteiger partial charge in [-0.1, -0.05) is 42.5 Å². The quantitative estimate of drug-likeness (QED) is 0.710. The molecule has 0 radical (unpaired) electrons. The molecule has 0 aliphatic rings. The molecule has 0 aliphatic carbocycles. The van der Waals surface area contributed by atoms with Gasteiger partial charge in [-0.15, -0.1) is 0 Å². The summed E-state index contributed by atoms with van der Waals surface area (Å²) in [5, 5.41) is 3.94. The second-order valence-electron chi connectivity index (χ2n) is 5.82. The van der Waals surface area contributed by atoms with E-state index in [-0.39, 0.29) is 5.78 Å². The van der Waals surface area contributed by atoms with Gasteiger partial charge in [-0.2, -0.15) is 0 Å². The Balaban J connectivity index is 2.09. The number of carbonyl (C=O) groups is 1. The number of para-hydroxylation sites is 1. The van der Waals surface area contributed by atoms with Crippen LogP contribution in [0.3, 0.4) is 0 Å². The van der Waals surface area contributed by atoms with E-state index >= 15 is 0 Å². The number of ketones is 1. The molecule has 0 spiro atoms. The molecular formula is C21H20N2O. The van der Waals surface area contributed by atoms with Crippen LogP contribution in [-0.4, -0.2) is 17.8 Å². The van der Waals surface area contributed by atoms with E-state index in [1.165, 1.54) is 5.57 Å². The van der Waals surface area contributed by atoms with Crippen molar-refractivity contribution in [2.45, 2.75) is 13.8 Å². The molecule has 120 valence electrons. The Bertz CT molecular complexity index is 924. The minimum Gasteiger partial charge on any atom is -0.394 e. The maximum Gasteiger partial charge on any atom is 0.160 e. The molecule has 3 aromatic rings. The van der Waals surface area contributed by atoms with Gasteiger partial charge in [0.2, 0.25) is 0 Å². The Hall–Kier alpha value is -2.94. The van der Waals surface area contributed by atoms with Gasteiger partial charge in [-0.25, -0.2) is 4.98 Å². The standard InChI is InChI=1S/C21H20N2O/c1-14(13-22-3)16-8-10-17(11-9-16)21-12-19(15(2)24)18-6-4-5-7-20(18)23-21/h4-13,22H,1-3H3/b14-13+. The van der Waals surface area contributed by atoms with Crippen molar-refractivity contribution in [1.29, 1.82) is 0 Å². The molecule has 0 amide bonds. The van der Waals surface area contributed by atoms with Crippen molar-refractivity contribution in [3.8, 4) is 11.3 Å². The summed E-state index contributed by atoms with van der Waals surface area (Å²) in [6.07, 6.45) is 1.97. The van der Waals surface area contributed by atoms with Gasteiger partial charge in [0.05, 0.1) is 11.2 Å². The van der Waals surface area contributed by atoms with E-state index in [9.17, 15) is 4.79 Å². The lowest BCUT2D eigenvalue weighted by Gasteiger charge is -2.09. The summed E-state index contributed by atoms with van der Waals surface area (Å²) < 4.78 is 0. The highest BCUT2D eigenvalue weighted by Gasteiger charge is 2.10. The fourth-order valence-corrected chi connectivity index (χ4v) is 2.82. The van der Waals surface area contributed by atoms with Crippen molar-refractivity contribution < 1.29 is 4.79 Å². The third kappa shape index (κ3) is 3.06. The number of fused-ring (bicyclic) bond motifs is 1. The number of nitrogens with zero attached hydrogens (tertiary/aromatic N) is 1. The first-order valence-corrected chi connectivity index (χ1v) is 7.95. The van der Waals surface area contributed by atoms with Crippen molar-refractivity contribution in [3.05, 3.63) is 71.9 Å². The number of hydrogen-bond acceptors (Lipinski definition) is 3. The summed E-state index contributed by atoms with van der Waals surface area (Å²) in [5.74, 6) is 0.0549. The Morgan fingerprint density at radius 2 is 1.75 bits per heavy atom. The number of benzene rings is 2. The Labute approximate surface area is 142 Å². The monoisotopic (exact) mass is 316 g/mol. The van der Waals surface area contributed by atoms with Gasteiger partial charge in [0.1, 0.15) is 0 Å². The van der Waals surface area contributed by atoms with E-state index in [4.69, 9.17) is 4.98 Å². The molecule has 0 saturated heterocycles. The predicted molar refractivity (Wildman–Crippen MR) is 99.9 cm³/mol. The molecule has 0 bridgehead atoms. The van der Waals surface area contributed by atoms with Crippen molar-refractivity contribution in [2.75, 3.05) is 7.05 Å². The molecule has 2 aromatic carbocycles. The van der Waals surface area contributed by atoms with Gasteiger partial charge in [-0.05, 0) is 43.3 Å². The molecule has 24 heavy (non-hydrogen) atoms. The van der Waals surface area contributed by atoms with E-state index in [1.807, 2.05) is 55.7 Å². The normalized spacial score (nSPS) is 11.5. The van der Waals surface area contributed by atoms with Crippen LogP contribution in [0.25, 0.3) is 27.7 Å². The van der Waals surface area contributed by atoms with E-state index in [1.54, 1.807) is 6.92 Å². The third-order valence-electron chi connectivity index (χ3n) is 4.09. The SMILES string of the molecule is CN/C=C(\C)c1ccc(-c2cc(C(C)=O)c3ccccc3n2)cc1. The van der Waals surface area contributed by atoms with Crippen molar-refractivity contribution >= 4 is 22.3 Å². The van der Waals surface area contributed by atoms with Crippen LogP contribution in [0.1, 0.15) is 29.8 Å². The number of Topliss-reactive ketones (excluding diaryl/α,β-unsaturated/α-hetero) is 1. The topological polar surface area (TPSA) is 42.0 Å². The molecule has 0 saturated carbocycles. The number of allylic oxidation sites excluding steroid dienone is 1. The zero-order valence-corrected chi connectivity index (χ0v) is 14.1. The second kappa shape index (κ2) is 6.67.